The van der Waals surface area contributed by atoms with E-state index in [1.807, 2.05) is 71.4 Å². The van der Waals surface area contributed by atoms with Crippen LogP contribution in [-0.4, -0.2) is 22.7 Å². The van der Waals surface area contributed by atoms with Gasteiger partial charge in [0.15, 0.2) is 5.78 Å². The first-order valence-corrected chi connectivity index (χ1v) is 8.95. The molecule has 2 N–H and O–H groups in total. The molecule has 0 saturated heterocycles. The number of hydrogen-bond donors (Lipinski definition) is 1. The highest BCUT2D eigenvalue weighted by Crippen LogP contribution is 2.44. The first kappa shape index (κ1) is 16.3. The Morgan fingerprint density at radius 1 is 0.893 bits per heavy atom. The Morgan fingerprint density at radius 3 is 2.36 bits per heavy atom. The number of fused-ring (bicyclic) bond motifs is 3. The number of nitrogen functional groups attached to an aromatic ring is 1. The maximum atomic E-state index is 13.3. The van der Waals surface area contributed by atoms with Gasteiger partial charge in [-0.2, -0.15) is 5.10 Å². The van der Waals surface area contributed by atoms with E-state index in [2.05, 4.69) is 0 Å². The van der Waals surface area contributed by atoms with E-state index in [1.54, 1.807) is 13.2 Å². The van der Waals surface area contributed by atoms with Crippen molar-refractivity contribution in [3.63, 3.8) is 0 Å². The second-order valence-corrected chi connectivity index (χ2v) is 6.65. The van der Waals surface area contributed by atoms with Gasteiger partial charge in [-0.1, -0.05) is 30.3 Å². The fourth-order valence-electron chi connectivity index (χ4n) is 3.74. The molecule has 0 unspecified atom stereocenters. The summed E-state index contributed by atoms with van der Waals surface area (Å²) in [7, 11) is 1.63. The maximum absolute atomic E-state index is 13.3. The molecule has 3 aromatic carbocycles. The highest BCUT2D eigenvalue weighted by atomic mass is 16.5. The molecule has 5 rings (SSSR count). The molecule has 4 aromatic rings. The first-order valence-electron chi connectivity index (χ1n) is 8.95. The van der Waals surface area contributed by atoms with Gasteiger partial charge in [0, 0.05) is 16.8 Å². The molecule has 136 valence electrons. The van der Waals surface area contributed by atoms with E-state index >= 15 is 0 Å². The average Bonchev–Trinajstić information content (AvgIpc) is 3.26. The quantitative estimate of drug-likeness (QED) is 0.482. The van der Waals surface area contributed by atoms with Crippen molar-refractivity contribution in [3.05, 3.63) is 83.9 Å². The number of aromatic nitrogens is 2. The third kappa shape index (κ3) is 2.26. The Balaban J connectivity index is 1.82. The van der Waals surface area contributed by atoms with E-state index in [0.29, 0.717) is 22.5 Å². The second kappa shape index (κ2) is 6.09. The number of rotatable bonds is 3. The Bertz CT molecular complexity index is 1210. The zero-order valence-electron chi connectivity index (χ0n) is 15.2. The van der Waals surface area contributed by atoms with Crippen LogP contribution in [0.2, 0.25) is 0 Å². The van der Waals surface area contributed by atoms with E-state index in [0.717, 1.165) is 28.3 Å². The lowest BCUT2D eigenvalue weighted by molar-refractivity contribution is 0.104. The topological polar surface area (TPSA) is 70.1 Å². The molecule has 0 aliphatic heterocycles. The molecule has 0 spiro atoms. The van der Waals surface area contributed by atoms with E-state index < -0.39 is 0 Å². The third-order valence-electron chi connectivity index (χ3n) is 5.06. The van der Waals surface area contributed by atoms with Crippen LogP contribution in [-0.2, 0) is 0 Å². The van der Waals surface area contributed by atoms with Crippen LogP contribution in [0.25, 0.3) is 28.2 Å². The van der Waals surface area contributed by atoms with Crippen LogP contribution in [0.5, 0.6) is 5.75 Å². The molecule has 5 nitrogen and oxygen atoms in total. The average molecular weight is 367 g/mol. The number of benzene rings is 3. The molecule has 1 aliphatic rings. The molecule has 28 heavy (non-hydrogen) atoms. The van der Waals surface area contributed by atoms with Crippen LogP contribution >= 0.6 is 0 Å². The minimum Gasteiger partial charge on any atom is -0.497 e. The molecule has 1 aromatic heterocycles. The van der Waals surface area contributed by atoms with Gasteiger partial charge >= 0.3 is 0 Å². The predicted octanol–water partition coefficient (Wildman–Crippen LogP) is 4.34. The number of nitrogens with two attached hydrogens (primary N) is 1. The van der Waals surface area contributed by atoms with Crippen molar-refractivity contribution in [2.45, 2.75) is 0 Å². The van der Waals surface area contributed by atoms with Crippen molar-refractivity contribution in [1.82, 2.24) is 9.78 Å². The number of carbonyl (C=O) groups is 1. The van der Waals surface area contributed by atoms with Gasteiger partial charge in [0.05, 0.1) is 29.6 Å². The van der Waals surface area contributed by atoms with Crippen molar-refractivity contribution in [1.29, 1.82) is 0 Å². The molecule has 0 radical (unpaired) electrons. The van der Waals surface area contributed by atoms with Crippen LogP contribution in [0.4, 0.5) is 5.69 Å². The molecule has 0 bridgehead atoms. The van der Waals surface area contributed by atoms with E-state index in [1.165, 1.54) is 0 Å². The van der Waals surface area contributed by atoms with Crippen molar-refractivity contribution in [2.75, 3.05) is 12.8 Å². The Labute approximate surface area is 162 Å². The molecular formula is C23H17N3O2. The number of para-hydroxylation sites is 1. The Hall–Kier alpha value is -3.86. The minimum absolute atomic E-state index is 0.0869. The summed E-state index contributed by atoms with van der Waals surface area (Å²) >= 11 is 0. The predicted molar refractivity (Wildman–Crippen MR) is 109 cm³/mol. The molecule has 5 heteroatoms. The minimum atomic E-state index is -0.0869. The summed E-state index contributed by atoms with van der Waals surface area (Å²) in [5.74, 6) is 0.668. The van der Waals surface area contributed by atoms with Gasteiger partial charge in [0.1, 0.15) is 11.4 Å². The number of ketones is 1. The Kier molecular flexibility index (Phi) is 3.55. The van der Waals surface area contributed by atoms with E-state index in [9.17, 15) is 4.79 Å². The van der Waals surface area contributed by atoms with Gasteiger partial charge in [0.25, 0.3) is 0 Å². The molecule has 0 amide bonds. The maximum Gasteiger partial charge on any atom is 0.200 e. The normalized spacial score (nSPS) is 12.0. The number of ether oxygens (including phenoxy) is 1. The zero-order valence-corrected chi connectivity index (χ0v) is 15.2. The lowest BCUT2D eigenvalue weighted by Crippen LogP contribution is -2.06. The SMILES string of the molecule is COc1ccc(-c2c3c(nn2-c2ccccc2)-c2cccc(N)c2C3=O)cc1. The first-order chi connectivity index (χ1) is 13.7. The lowest BCUT2D eigenvalue weighted by Gasteiger charge is -2.11. The number of nitrogens with zero attached hydrogens (tertiary/aromatic N) is 2. The van der Waals surface area contributed by atoms with Gasteiger partial charge < -0.3 is 10.5 Å². The van der Waals surface area contributed by atoms with Crippen molar-refractivity contribution in [3.8, 4) is 34.0 Å². The number of carbonyl (C=O) groups excluding carboxylic acids is 1. The van der Waals surface area contributed by atoms with Gasteiger partial charge in [0.2, 0.25) is 0 Å². The fourth-order valence-corrected chi connectivity index (χ4v) is 3.74. The lowest BCUT2D eigenvalue weighted by atomic mass is 10.0. The van der Waals surface area contributed by atoms with E-state index in [4.69, 9.17) is 15.6 Å². The molecule has 1 heterocycles. The summed E-state index contributed by atoms with van der Waals surface area (Å²) in [6.07, 6.45) is 0. The highest BCUT2D eigenvalue weighted by molar-refractivity contribution is 6.26. The summed E-state index contributed by atoms with van der Waals surface area (Å²) in [5, 5.41) is 4.82. The smallest absolute Gasteiger partial charge is 0.200 e. The molecular weight excluding hydrogens is 350 g/mol. The largest absolute Gasteiger partial charge is 0.497 e. The summed E-state index contributed by atoms with van der Waals surface area (Å²) in [6, 6.07) is 22.9. The van der Waals surface area contributed by atoms with Crippen LogP contribution in [0, 0.1) is 0 Å². The van der Waals surface area contributed by atoms with Crippen molar-refractivity contribution < 1.29 is 9.53 Å². The summed E-state index contributed by atoms with van der Waals surface area (Å²) in [6.45, 7) is 0. The number of anilines is 1. The van der Waals surface area contributed by atoms with Crippen LogP contribution in [0.3, 0.4) is 0 Å². The highest BCUT2D eigenvalue weighted by Gasteiger charge is 2.36. The molecule has 1 aliphatic carbocycles. The van der Waals surface area contributed by atoms with Crippen LogP contribution in [0.1, 0.15) is 15.9 Å². The molecule has 0 fully saturated rings. The monoisotopic (exact) mass is 367 g/mol. The van der Waals surface area contributed by atoms with Gasteiger partial charge in [-0.05, 0) is 42.5 Å². The summed E-state index contributed by atoms with van der Waals surface area (Å²) in [5.41, 5.74) is 11.7. The molecule has 0 atom stereocenters. The number of methoxy groups -OCH3 is 1. The van der Waals surface area contributed by atoms with E-state index in [-0.39, 0.29) is 5.78 Å². The fraction of sp³-hybridized carbons (Fsp3) is 0.0435. The Morgan fingerprint density at radius 2 is 1.64 bits per heavy atom. The summed E-state index contributed by atoms with van der Waals surface area (Å²) in [4.78, 5) is 13.3. The third-order valence-corrected chi connectivity index (χ3v) is 5.06. The van der Waals surface area contributed by atoms with Crippen LogP contribution < -0.4 is 10.5 Å². The zero-order chi connectivity index (χ0) is 19.3. The standard InChI is InChI=1S/C23H17N3O2/c1-28-16-12-10-14(11-13-16)22-20-21(25-26(22)15-6-3-2-4-7-15)17-8-5-9-18(24)19(17)23(20)27/h2-13H,24H2,1H3. The summed E-state index contributed by atoms with van der Waals surface area (Å²) < 4.78 is 7.11. The van der Waals surface area contributed by atoms with Crippen molar-refractivity contribution in [2.24, 2.45) is 0 Å². The number of hydrogen-bond acceptors (Lipinski definition) is 4. The van der Waals surface area contributed by atoms with Gasteiger partial charge in [-0.15, -0.1) is 0 Å². The van der Waals surface area contributed by atoms with Crippen molar-refractivity contribution >= 4 is 11.5 Å². The van der Waals surface area contributed by atoms with Crippen LogP contribution in [0.15, 0.2) is 72.8 Å². The van der Waals surface area contributed by atoms with Gasteiger partial charge in [-0.25, -0.2) is 4.68 Å². The second-order valence-electron chi connectivity index (χ2n) is 6.65. The van der Waals surface area contributed by atoms with Gasteiger partial charge in [-0.3, -0.25) is 4.79 Å². The molecule has 0 saturated carbocycles.